The van der Waals surface area contributed by atoms with Gasteiger partial charge in [-0.1, -0.05) is 44.2 Å². The van der Waals surface area contributed by atoms with Crippen LogP contribution in [0.5, 0.6) is 0 Å². The summed E-state index contributed by atoms with van der Waals surface area (Å²) >= 11 is 0. The third-order valence-corrected chi connectivity index (χ3v) is 6.06. The lowest BCUT2D eigenvalue weighted by molar-refractivity contribution is -0.123. The van der Waals surface area contributed by atoms with Crippen LogP contribution in [0.2, 0.25) is 0 Å². The third-order valence-electron chi connectivity index (χ3n) is 6.06. The lowest BCUT2D eigenvalue weighted by Crippen LogP contribution is -2.45. The molecule has 1 N–H and O–H groups in total. The van der Waals surface area contributed by atoms with Gasteiger partial charge in [-0.2, -0.15) is 0 Å². The molecule has 1 atom stereocenters. The quantitative estimate of drug-likeness (QED) is 0.651. The van der Waals surface area contributed by atoms with Crippen molar-refractivity contribution >= 4 is 16.6 Å². The van der Waals surface area contributed by atoms with Gasteiger partial charge in [0.2, 0.25) is 0 Å². The molecule has 5 heteroatoms. The number of hydrogen-bond acceptors (Lipinski definition) is 3. The van der Waals surface area contributed by atoms with Crippen molar-refractivity contribution in [2.24, 2.45) is 11.8 Å². The summed E-state index contributed by atoms with van der Waals surface area (Å²) in [4.78, 5) is 31.0. The van der Waals surface area contributed by atoms with E-state index in [-0.39, 0.29) is 23.1 Å². The first kappa shape index (κ1) is 20.5. The number of fused-ring (bicyclic) bond motifs is 1. The van der Waals surface area contributed by atoms with Gasteiger partial charge >= 0.3 is 0 Å². The molecule has 4 nitrogen and oxygen atoms in total. The predicted octanol–water partition coefficient (Wildman–Crippen LogP) is 4.59. The Balaban J connectivity index is 1.64. The van der Waals surface area contributed by atoms with Crippen molar-refractivity contribution in [3.8, 4) is 11.3 Å². The fraction of sp³-hybridized carbons (Fsp3) is 0.360. The molecule has 30 heavy (non-hydrogen) atoms. The Hall–Kier alpha value is -2.79. The highest BCUT2D eigenvalue weighted by molar-refractivity contribution is 5.88. The van der Waals surface area contributed by atoms with Crippen molar-refractivity contribution < 1.29 is 9.18 Å². The number of nitrogens with one attached hydrogen (secondary N) is 1. The number of ketones is 1. The van der Waals surface area contributed by atoms with Gasteiger partial charge in [-0.25, -0.2) is 4.39 Å². The number of nitrogens with zero attached hydrogens (tertiary/aromatic N) is 1. The second-order valence-electron chi connectivity index (χ2n) is 8.81. The number of aromatic amines is 1. The Morgan fingerprint density at radius 2 is 1.93 bits per heavy atom. The molecule has 4 rings (SSSR count). The molecule has 0 aliphatic carbocycles. The lowest BCUT2D eigenvalue weighted by atomic mass is 9.80. The Morgan fingerprint density at radius 3 is 2.60 bits per heavy atom. The largest absolute Gasteiger partial charge is 0.322 e. The van der Waals surface area contributed by atoms with E-state index in [0.717, 1.165) is 24.0 Å². The average Bonchev–Trinajstić information content (AvgIpc) is 2.68. The fourth-order valence-electron chi connectivity index (χ4n) is 4.57. The highest BCUT2D eigenvalue weighted by Crippen LogP contribution is 2.30. The highest BCUT2D eigenvalue weighted by atomic mass is 19.1. The molecular weight excluding hydrogens is 379 g/mol. The maximum atomic E-state index is 14.2. The van der Waals surface area contributed by atoms with Gasteiger partial charge in [-0.3, -0.25) is 9.59 Å². The van der Waals surface area contributed by atoms with Crippen LogP contribution in [0.25, 0.3) is 22.0 Å². The van der Waals surface area contributed by atoms with Gasteiger partial charge in [0.15, 0.2) is 0 Å². The monoisotopic (exact) mass is 406 g/mol. The first-order valence-corrected chi connectivity index (χ1v) is 10.5. The molecule has 1 fully saturated rings. The Morgan fingerprint density at radius 1 is 1.17 bits per heavy atom. The Labute approximate surface area is 175 Å². The zero-order valence-electron chi connectivity index (χ0n) is 17.6. The Kier molecular flexibility index (Phi) is 5.56. The van der Waals surface area contributed by atoms with Crippen molar-refractivity contribution in [3.05, 3.63) is 70.3 Å². The summed E-state index contributed by atoms with van der Waals surface area (Å²) in [5, 5.41) is 1.32. The molecule has 1 aliphatic rings. The first-order chi connectivity index (χ1) is 14.3. The third kappa shape index (κ3) is 3.94. The van der Waals surface area contributed by atoms with Crippen molar-refractivity contribution in [1.82, 2.24) is 9.88 Å². The highest BCUT2D eigenvalue weighted by Gasteiger charge is 2.32. The molecule has 2 aromatic carbocycles. The first-order valence-electron chi connectivity index (χ1n) is 10.5. The molecule has 1 aliphatic heterocycles. The SMILES string of the molecule is CC(C)C(C(=O)CC1CN(C)C1)c1ccc(-c2ccc3cccc(F)c3c2)[nH]c1=O. The van der Waals surface area contributed by atoms with Gasteiger partial charge in [0.05, 0.1) is 5.92 Å². The van der Waals surface area contributed by atoms with E-state index in [1.807, 2.05) is 45.2 Å². The minimum atomic E-state index is -0.414. The summed E-state index contributed by atoms with van der Waals surface area (Å²) in [5.74, 6) is -0.149. The standard InChI is InChI=1S/C25H27FN2O2/c1-15(2)24(23(29)11-16-13-28(3)14-16)19-9-10-22(27-25(19)30)18-8-7-17-5-4-6-21(26)20(17)12-18/h4-10,12,15-16,24H,11,13-14H2,1-3H3,(H,27,30). The molecule has 0 radical (unpaired) electrons. The topological polar surface area (TPSA) is 53.2 Å². The van der Waals surface area contributed by atoms with Crippen LogP contribution in [0.4, 0.5) is 4.39 Å². The number of benzene rings is 2. The average molecular weight is 407 g/mol. The normalized spacial score (nSPS) is 16.0. The smallest absolute Gasteiger partial charge is 0.252 e. The van der Waals surface area contributed by atoms with Crippen molar-refractivity contribution in [2.75, 3.05) is 20.1 Å². The second-order valence-corrected chi connectivity index (χ2v) is 8.81. The number of H-pyrrole nitrogens is 1. The van der Waals surface area contributed by atoms with Crippen LogP contribution in [0.15, 0.2) is 53.3 Å². The van der Waals surface area contributed by atoms with Crippen LogP contribution in [-0.4, -0.2) is 35.8 Å². The molecule has 1 saturated heterocycles. The maximum Gasteiger partial charge on any atom is 0.252 e. The summed E-state index contributed by atoms with van der Waals surface area (Å²) < 4.78 is 14.2. The minimum Gasteiger partial charge on any atom is -0.322 e. The number of aromatic nitrogens is 1. The number of rotatable bonds is 6. The molecule has 1 aromatic heterocycles. The zero-order valence-corrected chi connectivity index (χ0v) is 17.6. The van der Waals surface area contributed by atoms with E-state index >= 15 is 0 Å². The van der Waals surface area contributed by atoms with E-state index in [2.05, 4.69) is 9.88 Å². The molecule has 0 spiro atoms. The van der Waals surface area contributed by atoms with Gasteiger partial charge in [0.1, 0.15) is 11.6 Å². The molecule has 156 valence electrons. The lowest BCUT2D eigenvalue weighted by Gasteiger charge is -2.36. The molecule has 3 aromatic rings. The van der Waals surface area contributed by atoms with E-state index in [1.165, 1.54) is 6.07 Å². The number of hydrogen-bond donors (Lipinski definition) is 1. The molecule has 0 amide bonds. The van der Waals surface area contributed by atoms with Gasteiger partial charge < -0.3 is 9.88 Å². The van der Waals surface area contributed by atoms with Crippen LogP contribution in [0.1, 0.15) is 31.7 Å². The second kappa shape index (κ2) is 8.15. The van der Waals surface area contributed by atoms with Gasteiger partial charge in [0.25, 0.3) is 5.56 Å². The van der Waals surface area contributed by atoms with Gasteiger partial charge in [-0.05, 0) is 48.0 Å². The van der Waals surface area contributed by atoms with Crippen LogP contribution >= 0.6 is 0 Å². The number of pyridine rings is 1. The van der Waals surface area contributed by atoms with Crippen molar-refractivity contribution in [2.45, 2.75) is 26.2 Å². The van der Waals surface area contributed by atoms with Crippen molar-refractivity contribution in [1.29, 1.82) is 0 Å². The predicted molar refractivity (Wildman–Crippen MR) is 118 cm³/mol. The number of carbonyl (C=O) groups excluding carboxylic acids is 1. The summed E-state index contributed by atoms with van der Waals surface area (Å²) in [6.45, 7) is 5.83. The van der Waals surface area contributed by atoms with Gasteiger partial charge in [-0.15, -0.1) is 0 Å². The van der Waals surface area contributed by atoms with Crippen LogP contribution in [0, 0.1) is 17.7 Å². The number of carbonyl (C=O) groups is 1. The van der Waals surface area contributed by atoms with E-state index in [4.69, 9.17) is 0 Å². The Bertz CT molecular complexity index is 1150. The fourth-order valence-corrected chi connectivity index (χ4v) is 4.57. The van der Waals surface area contributed by atoms with E-state index in [0.29, 0.717) is 29.0 Å². The number of likely N-dealkylation sites (tertiary alicyclic amines) is 1. The zero-order chi connectivity index (χ0) is 21.4. The van der Waals surface area contributed by atoms with Crippen LogP contribution in [-0.2, 0) is 4.79 Å². The summed E-state index contributed by atoms with van der Waals surface area (Å²) in [6, 6.07) is 14.0. The molecular formula is C25H27FN2O2. The number of halogens is 1. The van der Waals surface area contributed by atoms with Crippen LogP contribution < -0.4 is 5.56 Å². The van der Waals surface area contributed by atoms with E-state index < -0.39 is 5.92 Å². The molecule has 2 heterocycles. The molecule has 0 saturated carbocycles. The molecule has 0 bridgehead atoms. The number of Topliss-reactive ketones (excluding diaryl/α,β-unsaturated/α-hetero) is 1. The summed E-state index contributed by atoms with van der Waals surface area (Å²) in [5.41, 5.74) is 1.61. The van der Waals surface area contributed by atoms with E-state index in [1.54, 1.807) is 18.2 Å². The van der Waals surface area contributed by atoms with E-state index in [9.17, 15) is 14.0 Å². The van der Waals surface area contributed by atoms with Crippen LogP contribution in [0.3, 0.4) is 0 Å². The minimum absolute atomic E-state index is 0.0389. The van der Waals surface area contributed by atoms with Crippen molar-refractivity contribution in [3.63, 3.8) is 0 Å². The molecule has 1 unspecified atom stereocenters. The summed E-state index contributed by atoms with van der Waals surface area (Å²) in [6.07, 6.45) is 0.512. The van der Waals surface area contributed by atoms with Gasteiger partial charge in [0, 0.05) is 36.2 Å². The summed E-state index contributed by atoms with van der Waals surface area (Å²) in [7, 11) is 2.04. The maximum absolute atomic E-state index is 14.2.